The Morgan fingerprint density at radius 1 is 1.19 bits per heavy atom. The first kappa shape index (κ1) is 19.3. The van der Waals surface area contributed by atoms with E-state index in [4.69, 9.17) is 0 Å². The zero-order valence-electron chi connectivity index (χ0n) is 15.3. The molecule has 3 atom stereocenters. The summed E-state index contributed by atoms with van der Waals surface area (Å²) in [5.74, 6) is 0.809. The molecule has 0 aromatic heterocycles. The molecule has 2 aromatic carbocycles. The Morgan fingerprint density at radius 3 is 2.37 bits per heavy atom. The molecule has 2 N–H and O–H groups in total. The lowest BCUT2D eigenvalue weighted by molar-refractivity contribution is 0.0930. The van der Waals surface area contributed by atoms with Crippen LogP contribution in [-0.4, -0.2) is 20.9 Å². The van der Waals surface area contributed by atoms with E-state index in [0.717, 1.165) is 12.0 Å². The van der Waals surface area contributed by atoms with Gasteiger partial charge in [-0.15, -0.1) is 6.58 Å². The van der Waals surface area contributed by atoms with E-state index in [1.807, 2.05) is 30.3 Å². The first-order valence-corrected chi connectivity index (χ1v) is 10.5. The van der Waals surface area contributed by atoms with E-state index in [0.29, 0.717) is 17.4 Å². The lowest BCUT2D eigenvalue weighted by Crippen LogP contribution is -2.30. The first-order valence-electron chi connectivity index (χ1n) is 8.99. The van der Waals surface area contributed by atoms with Crippen LogP contribution in [-0.2, 0) is 10.0 Å². The molecule has 0 spiro atoms. The van der Waals surface area contributed by atoms with Gasteiger partial charge in [0, 0.05) is 12.1 Å². The summed E-state index contributed by atoms with van der Waals surface area (Å²) in [6, 6.07) is 15.9. The number of carbonyl (C=O) groups excluding carboxylic acids is 1. The van der Waals surface area contributed by atoms with Crippen molar-refractivity contribution in [1.29, 1.82) is 0 Å². The average Bonchev–Trinajstić information content (AvgIpc) is 3.41. The van der Waals surface area contributed by atoms with Gasteiger partial charge in [-0.2, -0.15) is 0 Å². The number of benzene rings is 2. The van der Waals surface area contributed by atoms with E-state index in [1.54, 1.807) is 0 Å². The average molecular weight is 385 g/mol. The number of hydrogen-bond donors (Lipinski definition) is 2. The molecule has 0 aliphatic heterocycles. The summed E-state index contributed by atoms with van der Waals surface area (Å²) >= 11 is 0. The Morgan fingerprint density at radius 2 is 1.81 bits per heavy atom. The van der Waals surface area contributed by atoms with Crippen LogP contribution < -0.4 is 10.0 Å². The maximum absolute atomic E-state index is 12.7. The minimum absolute atomic E-state index is 0.0358. The van der Waals surface area contributed by atoms with Crippen LogP contribution in [0.5, 0.6) is 0 Å². The molecule has 5 nitrogen and oxygen atoms in total. The smallest absolute Gasteiger partial charge is 0.251 e. The molecule has 3 unspecified atom stereocenters. The quantitative estimate of drug-likeness (QED) is 0.686. The van der Waals surface area contributed by atoms with Crippen LogP contribution in [0.3, 0.4) is 0 Å². The Hall–Kier alpha value is -2.44. The van der Waals surface area contributed by atoms with Crippen molar-refractivity contribution in [3.05, 3.63) is 78.4 Å². The lowest BCUT2D eigenvalue weighted by Gasteiger charge is -2.19. The van der Waals surface area contributed by atoms with Crippen molar-refractivity contribution >= 4 is 15.9 Å². The molecule has 6 heteroatoms. The van der Waals surface area contributed by atoms with E-state index in [9.17, 15) is 13.2 Å². The van der Waals surface area contributed by atoms with Crippen molar-refractivity contribution in [2.45, 2.75) is 24.3 Å². The second-order valence-electron chi connectivity index (χ2n) is 6.90. The molecule has 1 aliphatic carbocycles. The molecular formula is C21H24N2O3S. The minimum atomic E-state index is -3.59. The highest BCUT2D eigenvalue weighted by molar-refractivity contribution is 7.89. The van der Waals surface area contributed by atoms with Crippen LogP contribution in [0.4, 0.5) is 0 Å². The Bertz CT molecular complexity index is 908. The lowest BCUT2D eigenvalue weighted by atomic mass is 10.0. The summed E-state index contributed by atoms with van der Waals surface area (Å²) < 4.78 is 26.6. The fourth-order valence-corrected chi connectivity index (χ4v) is 4.17. The van der Waals surface area contributed by atoms with Crippen molar-refractivity contribution in [1.82, 2.24) is 10.0 Å². The van der Waals surface area contributed by atoms with E-state index >= 15 is 0 Å². The van der Waals surface area contributed by atoms with Gasteiger partial charge in [0.1, 0.15) is 0 Å². The van der Waals surface area contributed by atoms with Gasteiger partial charge in [0.15, 0.2) is 0 Å². The predicted octanol–water partition coefficient (Wildman–Crippen LogP) is 3.28. The van der Waals surface area contributed by atoms with Gasteiger partial charge in [-0.1, -0.05) is 43.3 Å². The van der Waals surface area contributed by atoms with Gasteiger partial charge in [-0.3, -0.25) is 4.79 Å². The van der Waals surface area contributed by atoms with Crippen LogP contribution in [0, 0.1) is 11.8 Å². The van der Waals surface area contributed by atoms with E-state index < -0.39 is 10.0 Å². The number of rotatable bonds is 8. The van der Waals surface area contributed by atoms with Crippen LogP contribution in [0.15, 0.2) is 72.1 Å². The summed E-state index contributed by atoms with van der Waals surface area (Å²) in [6.45, 7) is 5.83. The standard InChI is InChI=1S/C21H24N2O3S/c1-3-13-22-27(25,26)18-11-9-17(10-12-18)21(24)23-20(19-14-15(19)2)16-7-5-4-6-8-16/h3-12,15,19-20,22H,1,13-14H2,2H3,(H,23,24). The van der Waals surface area contributed by atoms with Crippen LogP contribution >= 0.6 is 0 Å². The maximum Gasteiger partial charge on any atom is 0.251 e. The van der Waals surface area contributed by atoms with Crippen LogP contribution in [0.1, 0.15) is 35.3 Å². The topological polar surface area (TPSA) is 75.3 Å². The van der Waals surface area contributed by atoms with Gasteiger partial charge in [0.25, 0.3) is 5.91 Å². The predicted molar refractivity (Wildman–Crippen MR) is 106 cm³/mol. The Balaban J connectivity index is 1.74. The molecule has 2 aromatic rings. The first-order chi connectivity index (χ1) is 12.9. The summed E-state index contributed by atoms with van der Waals surface area (Å²) in [4.78, 5) is 12.8. The van der Waals surface area contributed by atoms with Crippen molar-refractivity contribution in [2.75, 3.05) is 6.54 Å². The Kier molecular flexibility index (Phi) is 5.77. The molecule has 1 amide bonds. The number of sulfonamides is 1. The van der Waals surface area contributed by atoms with Gasteiger partial charge in [0.05, 0.1) is 10.9 Å². The van der Waals surface area contributed by atoms with Gasteiger partial charge in [-0.25, -0.2) is 13.1 Å². The summed E-state index contributed by atoms with van der Waals surface area (Å²) in [5.41, 5.74) is 1.53. The highest BCUT2D eigenvalue weighted by Gasteiger charge is 2.40. The molecule has 0 radical (unpaired) electrons. The van der Waals surface area contributed by atoms with Gasteiger partial charge >= 0.3 is 0 Å². The molecule has 1 saturated carbocycles. The number of nitrogens with one attached hydrogen (secondary N) is 2. The number of amides is 1. The zero-order valence-corrected chi connectivity index (χ0v) is 16.1. The third kappa shape index (κ3) is 4.64. The molecule has 1 fully saturated rings. The van der Waals surface area contributed by atoms with E-state index in [1.165, 1.54) is 30.3 Å². The fourth-order valence-electron chi connectivity index (χ4n) is 3.18. The summed E-state index contributed by atoms with van der Waals surface area (Å²) in [6.07, 6.45) is 2.56. The molecule has 27 heavy (non-hydrogen) atoms. The zero-order chi connectivity index (χ0) is 19.4. The van der Waals surface area contributed by atoms with Crippen molar-refractivity contribution in [3.63, 3.8) is 0 Å². The number of hydrogen-bond acceptors (Lipinski definition) is 3. The second-order valence-corrected chi connectivity index (χ2v) is 8.67. The van der Waals surface area contributed by atoms with Gasteiger partial charge in [0.2, 0.25) is 10.0 Å². The monoisotopic (exact) mass is 384 g/mol. The molecule has 0 heterocycles. The fraction of sp³-hybridized carbons (Fsp3) is 0.286. The van der Waals surface area contributed by atoms with E-state index in [2.05, 4.69) is 23.5 Å². The van der Waals surface area contributed by atoms with E-state index in [-0.39, 0.29) is 23.4 Å². The van der Waals surface area contributed by atoms with Crippen molar-refractivity contribution < 1.29 is 13.2 Å². The molecule has 1 aliphatic rings. The molecule has 0 bridgehead atoms. The normalized spacial score (nSPS) is 19.9. The molecule has 0 saturated heterocycles. The second kappa shape index (κ2) is 8.06. The summed E-state index contributed by atoms with van der Waals surface area (Å²) in [5, 5.41) is 3.12. The van der Waals surface area contributed by atoms with Crippen molar-refractivity contribution in [2.24, 2.45) is 11.8 Å². The SMILES string of the molecule is C=CCNS(=O)(=O)c1ccc(C(=O)NC(c2ccccc2)C2CC2C)cc1. The molecule has 3 rings (SSSR count). The third-order valence-corrected chi connectivity index (χ3v) is 6.33. The highest BCUT2D eigenvalue weighted by atomic mass is 32.2. The molecular weight excluding hydrogens is 360 g/mol. The van der Waals surface area contributed by atoms with Crippen LogP contribution in [0.2, 0.25) is 0 Å². The van der Waals surface area contributed by atoms with Gasteiger partial charge < -0.3 is 5.32 Å². The Labute approximate surface area is 160 Å². The number of carbonyl (C=O) groups is 1. The van der Waals surface area contributed by atoms with Crippen molar-refractivity contribution in [3.8, 4) is 0 Å². The largest absolute Gasteiger partial charge is 0.345 e. The van der Waals surface area contributed by atoms with Gasteiger partial charge in [-0.05, 0) is 48.1 Å². The van der Waals surface area contributed by atoms with Crippen LogP contribution in [0.25, 0.3) is 0 Å². The third-order valence-electron chi connectivity index (χ3n) is 4.89. The summed E-state index contributed by atoms with van der Waals surface area (Å²) in [7, 11) is -3.59. The maximum atomic E-state index is 12.7. The highest BCUT2D eigenvalue weighted by Crippen LogP contribution is 2.47. The molecule has 142 valence electrons. The minimum Gasteiger partial charge on any atom is -0.345 e.